The number of rotatable bonds is 5. The predicted octanol–water partition coefficient (Wildman–Crippen LogP) is -0.822. The zero-order chi connectivity index (χ0) is 18.8. The maximum absolute atomic E-state index is 6.47. The summed E-state index contributed by atoms with van der Waals surface area (Å²) in [5, 5.41) is 6.94. The second-order valence-corrected chi connectivity index (χ2v) is 18.4. The van der Waals surface area contributed by atoms with Gasteiger partial charge in [-0.25, -0.2) is 0 Å². The van der Waals surface area contributed by atoms with E-state index in [1.807, 2.05) is 0 Å². The van der Waals surface area contributed by atoms with E-state index in [0.717, 1.165) is 12.4 Å². The first-order valence-electron chi connectivity index (χ1n) is 9.13. The Hall–Kier alpha value is 0.417. The second kappa shape index (κ2) is 8.27. The summed E-state index contributed by atoms with van der Waals surface area (Å²) in [5.41, 5.74) is 4.07. The van der Waals surface area contributed by atoms with Gasteiger partial charge in [-0.05, 0) is 0 Å². The van der Waals surface area contributed by atoms with E-state index in [1.54, 1.807) is 35.1 Å². The summed E-state index contributed by atoms with van der Waals surface area (Å²) in [6.45, 7) is 18.7. The monoisotopic (exact) mass is 520 g/mol. The Balaban J connectivity index is 0.00000182. The molecule has 8 heteroatoms. The molecule has 2 aliphatic rings. The molecule has 0 radical (unpaired) electrons. The van der Waals surface area contributed by atoms with Crippen LogP contribution in [0.4, 0.5) is 5.69 Å². The Morgan fingerprint density at radius 3 is 2.26 bits per heavy atom. The Kier molecular flexibility index (Phi) is 7.80. The van der Waals surface area contributed by atoms with E-state index in [1.165, 1.54) is 16.8 Å². The molecule has 1 aromatic rings. The molecule has 0 amide bonds. The van der Waals surface area contributed by atoms with Crippen molar-refractivity contribution in [3.8, 4) is 5.75 Å². The van der Waals surface area contributed by atoms with Gasteiger partial charge in [0.1, 0.15) is 0 Å². The fourth-order valence-electron chi connectivity index (χ4n) is 3.79. The molecule has 1 aromatic carbocycles. The van der Waals surface area contributed by atoms with Gasteiger partial charge in [-0.1, -0.05) is 0 Å². The van der Waals surface area contributed by atoms with Crippen LogP contribution in [0.2, 0.25) is 26.2 Å². The first-order valence-corrected chi connectivity index (χ1v) is 16.4. The van der Waals surface area contributed by atoms with Crippen LogP contribution in [-0.4, -0.2) is 28.8 Å². The summed E-state index contributed by atoms with van der Waals surface area (Å²) < 4.78 is 13.3. The number of allylic oxidation sites excluding steroid dienone is 1. The van der Waals surface area contributed by atoms with Crippen LogP contribution in [-0.2, 0) is 29.1 Å². The molecular weight excluding hydrogens is 493 g/mol. The molecule has 3 rings (SSSR count). The molecule has 27 heavy (non-hydrogen) atoms. The largest absolute Gasteiger partial charge is 1.00 e. The molecule has 149 valence electrons. The molecule has 0 fully saturated rings. The molecule has 1 aliphatic heterocycles. The average Bonchev–Trinajstić information content (AvgIpc) is 2.87. The van der Waals surface area contributed by atoms with Crippen molar-refractivity contribution in [2.24, 2.45) is 0 Å². The summed E-state index contributed by atoms with van der Waals surface area (Å²) >= 11 is 1.57. The van der Waals surface area contributed by atoms with Gasteiger partial charge in [0, 0.05) is 0 Å². The van der Waals surface area contributed by atoms with Gasteiger partial charge in [-0.3, -0.25) is 0 Å². The summed E-state index contributed by atoms with van der Waals surface area (Å²) in [7, 11) is -3.47. The molecule has 1 aliphatic carbocycles. The van der Waals surface area contributed by atoms with Crippen molar-refractivity contribution in [1.29, 1.82) is 0 Å². The quantitative estimate of drug-likeness (QED) is 0.513. The van der Waals surface area contributed by atoms with Gasteiger partial charge in [0.2, 0.25) is 0 Å². The van der Waals surface area contributed by atoms with Gasteiger partial charge >= 0.3 is 170 Å². The van der Waals surface area contributed by atoms with Crippen molar-refractivity contribution < 1.29 is 58.4 Å². The number of hydrogen-bond acceptors (Lipinski definition) is 3. The zero-order valence-electron chi connectivity index (χ0n) is 17.5. The van der Waals surface area contributed by atoms with Crippen molar-refractivity contribution in [3.05, 3.63) is 28.5 Å². The van der Waals surface area contributed by atoms with Crippen LogP contribution >= 0.6 is 0 Å². The fourth-order valence-corrected chi connectivity index (χ4v) is 11.8. The Morgan fingerprint density at radius 1 is 1.19 bits per heavy atom. The van der Waals surface area contributed by atoms with Gasteiger partial charge in [-0.15, -0.1) is 0 Å². The van der Waals surface area contributed by atoms with E-state index in [0.29, 0.717) is 3.63 Å². The summed E-state index contributed by atoms with van der Waals surface area (Å²) in [4.78, 5) is 0. The van der Waals surface area contributed by atoms with Crippen LogP contribution in [0, 0.1) is 0 Å². The number of hydrogen-bond donors (Lipinski definition) is 1. The predicted molar refractivity (Wildman–Crippen MR) is 107 cm³/mol. The van der Waals surface area contributed by atoms with Crippen molar-refractivity contribution >= 4 is 27.5 Å². The van der Waals surface area contributed by atoms with Crippen molar-refractivity contribution in [2.75, 3.05) is 11.9 Å². The molecule has 3 nitrogen and oxygen atoms in total. The van der Waals surface area contributed by atoms with E-state index in [4.69, 9.17) is 8.85 Å². The number of nitrogens with one attached hydrogen (secondary N) is 1. The van der Waals surface area contributed by atoms with E-state index in [2.05, 4.69) is 71.3 Å². The van der Waals surface area contributed by atoms with Crippen LogP contribution < -0.4 is 34.6 Å². The minimum atomic E-state index is -1.78. The first-order chi connectivity index (χ1) is 11.4. The molecule has 0 aromatic heterocycles. The minimum Gasteiger partial charge on any atom is -1.00 e. The molecule has 2 atom stereocenters. The Morgan fingerprint density at radius 2 is 1.78 bits per heavy atom. The number of anilines is 1. The first kappa shape index (κ1) is 25.5. The average molecular weight is 523 g/mol. The topological polar surface area (TPSA) is 30.5 Å². The molecule has 0 bridgehead atoms. The fraction of sp³-hybridized carbons (Fsp3) is 0.579. The van der Waals surface area contributed by atoms with Crippen LogP contribution in [0.5, 0.6) is 5.75 Å². The summed E-state index contributed by atoms with van der Waals surface area (Å²) in [5.74, 6) is 1.02. The van der Waals surface area contributed by atoms with Gasteiger partial charge in [0.25, 0.3) is 0 Å². The standard InChI is InChI=1S/C19H30NO2Si2.2ClH.Zr/c1-9-21-24(8)15-12-13-10-11-14(22-23(5,6)7)17(16(13)18(15)24)20-19(2,3)4;;;/h10-12,20H,9H2,1-8H3;2*1H;/q;;;+2/p-2. The van der Waals surface area contributed by atoms with E-state index in [-0.39, 0.29) is 30.4 Å². The molecule has 1 N–H and O–H groups in total. The SMILES string of the molecule is CCO[Si]1(C)C2=C1[CH]([Zr+2])c1ccc(O[Si](C)(C)C)c(NC(C)(C)C)c12.[Cl-].[Cl-]. The molecule has 1 heterocycles. The number of halogens is 2. The van der Waals surface area contributed by atoms with Crippen LogP contribution in [0.1, 0.15) is 42.4 Å². The molecule has 0 spiro atoms. The van der Waals surface area contributed by atoms with Crippen LogP contribution in [0.25, 0.3) is 5.20 Å². The Bertz CT molecular complexity index is 759. The molecular formula is C19H30Cl2NO2Si2Zr. The normalized spacial score (nSPS) is 23.1. The van der Waals surface area contributed by atoms with E-state index < -0.39 is 16.6 Å². The molecule has 0 saturated carbocycles. The molecule has 2 unspecified atom stereocenters. The third kappa shape index (κ3) is 4.78. The Labute approximate surface area is 194 Å². The maximum atomic E-state index is 6.47. The summed E-state index contributed by atoms with van der Waals surface area (Å²) in [6, 6.07) is 4.48. The van der Waals surface area contributed by atoms with Crippen molar-refractivity contribution in [2.45, 2.75) is 63.0 Å². The number of benzene rings is 1. The van der Waals surface area contributed by atoms with Crippen molar-refractivity contribution in [1.82, 2.24) is 0 Å². The van der Waals surface area contributed by atoms with Gasteiger partial charge in [0.15, 0.2) is 0 Å². The zero-order valence-corrected chi connectivity index (χ0v) is 23.5. The van der Waals surface area contributed by atoms with E-state index in [9.17, 15) is 0 Å². The third-order valence-electron chi connectivity index (χ3n) is 4.60. The minimum absolute atomic E-state index is 0. The van der Waals surface area contributed by atoms with Crippen molar-refractivity contribution in [3.63, 3.8) is 0 Å². The smallest absolute Gasteiger partial charge is 1.00 e. The van der Waals surface area contributed by atoms with Gasteiger partial charge < -0.3 is 24.8 Å². The number of fused-ring (bicyclic) bond motifs is 2. The van der Waals surface area contributed by atoms with Crippen LogP contribution in [0.15, 0.2) is 17.3 Å². The van der Waals surface area contributed by atoms with Crippen LogP contribution in [0.3, 0.4) is 0 Å². The van der Waals surface area contributed by atoms with Gasteiger partial charge in [0.05, 0.1) is 0 Å². The summed E-state index contributed by atoms with van der Waals surface area (Å²) in [6.07, 6.45) is 0. The molecule has 0 saturated heterocycles. The maximum Gasteiger partial charge on any atom is -1.00 e. The third-order valence-corrected chi connectivity index (χ3v) is 11.3. The van der Waals surface area contributed by atoms with Gasteiger partial charge in [-0.2, -0.15) is 0 Å². The van der Waals surface area contributed by atoms with E-state index >= 15 is 0 Å². The second-order valence-electron chi connectivity index (χ2n) is 9.18.